The molecule has 0 aliphatic carbocycles. The topological polar surface area (TPSA) is 46.3 Å². The number of carbonyl (C=O) groups excluding carboxylic acids is 1. The number of nitrogens with two attached hydrogens (primary N) is 1. The van der Waals surface area contributed by atoms with E-state index in [-0.39, 0.29) is 42.3 Å². The standard InChI is InChI=1S/C18H18F2N2O.ClH/c19-15-7-4-8-16(20)13(15)9-18(23)22-10-14(17(21)11-22)12-5-2-1-3-6-12;/h1-8,14,17H,9-11,21H2;1H/t14-,17+;/m0./s1. The van der Waals surface area contributed by atoms with Gasteiger partial charge in [0.2, 0.25) is 5.91 Å². The molecule has 1 aliphatic rings. The van der Waals surface area contributed by atoms with Gasteiger partial charge in [-0.25, -0.2) is 8.78 Å². The first kappa shape index (κ1) is 18.4. The Kier molecular flexibility index (Phi) is 5.91. The number of hydrogen-bond donors (Lipinski definition) is 1. The molecule has 3 rings (SSSR count). The summed E-state index contributed by atoms with van der Waals surface area (Å²) in [5.74, 6) is -1.64. The zero-order chi connectivity index (χ0) is 16.4. The molecular formula is C18H19ClF2N2O. The molecule has 1 aliphatic heterocycles. The van der Waals surface area contributed by atoms with Crippen molar-refractivity contribution in [2.75, 3.05) is 13.1 Å². The van der Waals surface area contributed by atoms with E-state index in [0.29, 0.717) is 13.1 Å². The van der Waals surface area contributed by atoms with E-state index in [9.17, 15) is 13.6 Å². The quantitative estimate of drug-likeness (QED) is 0.923. The molecule has 1 saturated heterocycles. The third-order valence-corrected chi connectivity index (χ3v) is 4.34. The van der Waals surface area contributed by atoms with E-state index in [0.717, 1.165) is 17.7 Å². The highest BCUT2D eigenvalue weighted by Crippen LogP contribution is 2.27. The van der Waals surface area contributed by atoms with Crippen LogP contribution in [0.25, 0.3) is 0 Å². The van der Waals surface area contributed by atoms with Crippen molar-refractivity contribution in [3.8, 4) is 0 Å². The Hall–Kier alpha value is -1.98. The molecule has 0 aromatic heterocycles. The van der Waals surface area contributed by atoms with Gasteiger partial charge in [-0.2, -0.15) is 0 Å². The van der Waals surface area contributed by atoms with Gasteiger partial charge in [-0.05, 0) is 17.7 Å². The minimum atomic E-state index is -0.693. The Labute approximate surface area is 145 Å². The lowest BCUT2D eigenvalue weighted by molar-refractivity contribution is -0.129. The van der Waals surface area contributed by atoms with Crippen LogP contribution in [0.1, 0.15) is 17.0 Å². The zero-order valence-electron chi connectivity index (χ0n) is 13.0. The predicted molar refractivity (Wildman–Crippen MR) is 91.0 cm³/mol. The molecule has 2 N–H and O–H groups in total. The Morgan fingerprint density at radius 2 is 1.67 bits per heavy atom. The zero-order valence-corrected chi connectivity index (χ0v) is 13.8. The smallest absolute Gasteiger partial charge is 0.227 e. The highest BCUT2D eigenvalue weighted by atomic mass is 35.5. The van der Waals surface area contributed by atoms with E-state index in [1.54, 1.807) is 4.90 Å². The van der Waals surface area contributed by atoms with Crippen LogP contribution in [-0.4, -0.2) is 29.9 Å². The number of rotatable bonds is 3. The lowest BCUT2D eigenvalue weighted by atomic mass is 9.95. The van der Waals surface area contributed by atoms with Gasteiger partial charge >= 0.3 is 0 Å². The largest absolute Gasteiger partial charge is 0.340 e. The molecule has 0 bridgehead atoms. The second-order valence-corrected chi connectivity index (χ2v) is 5.86. The average molecular weight is 353 g/mol. The lowest BCUT2D eigenvalue weighted by Gasteiger charge is -2.17. The number of benzene rings is 2. The van der Waals surface area contributed by atoms with Gasteiger partial charge in [-0.15, -0.1) is 12.4 Å². The number of likely N-dealkylation sites (tertiary alicyclic amines) is 1. The summed E-state index contributed by atoms with van der Waals surface area (Å²) in [4.78, 5) is 14.0. The van der Waals surface area contributed by atoms with E-state index in [1.807, 2.05) is 30.3 Å². The van der Waals surface area contributed by atoms with E-state index >= 15 is 0 Å². The van der Waals surface area contributed by atoms with Crippen LogP contribution in [0.4, 0.5) is 8.78 Å². The Morgan fingerprint density at radius 1 is 1.04 bits per heavy atom. The van der Waals surface area contributed by atoms with E-state index in [2.05, 4.69) is 0 Å². The van der Waals surface area contributed by atoms with Crippen LogP contribution in [0.2, 0.25) is 0 Å². The maximum Gasteiger partial charge on any atom is 0.227 e. The molecule has 1 fully saturated rings. The van der Waals surface area contributed by atoms with Crippen LogP contribution in [0.3, 0.4) is 0 Å². The van der Waals surface area contributed by atoms with Gasteiger partial charge in [0.05, 0.1) is 6.42 Å². The van der Waals surface area contributed by atoms with Crippen molar-refractivity contribution in [2.24, 2.45) is 5.73 Å². The van der Waals surface area contributed by atoms with Gasteiger partial charge in [0.1, 0.15) is 11.6 Å². The first-order valence-corrected chi connectivity index (χ1v) is 7.57. The Morgan fingerprint density at radius 3 is 2.29 bits per heavy atom. The molecule has 1 amide bonds. The van der Waals surface area contributed by atoms with Gasteiger partial charge in [0, 0.05) is 30.6 Å². The molecule has 0 radical (unpaired) electrons. The SMILES string of the molecule is Cl.N[C@@H]1CN(C(=O)Cc2c(F)cccc2F)C[C@H]1c1ccccc1. The van der Waals surface area contributed by atoms with E-state index in [4.69, 9.17) is 5.73 Å². The summed E-state index contributed by atoms with van der Waals surface area (Å²) >= 11 is 0. The van der Waals surface area contributed by atoms with Gasteiger partial charge in [-0.3, -0.25) is 4.79 Å². The fourth-order valence-electron chi connectivity index (χ4n) is 3.05. The van der Waals surface area contributed by atoms with Crippen LogP contribution in [-0.2, 0) is 11.2 Å². The molecule has 2 atom stereocenters. The number of halogens is 3. The van der Waals surface area contributed by atoms with E-state index in [1.165, 1.54) is 6.07 Å². The maximum absolute atomic E-state index is 13.7. The molecule has 0 spiro atoms. The predicted octanol–water partition coefficient (Wildman–Crippen LogP) is 2.88. The Balaban J connectivity index is 0.00000208. The van der Waals surface area contributed by atoms with Crippen LogP contribution in [0, 0.1) is 11.6 Å². The first-order valence-electron chi connectivity index (χ1n) is 7.57. The van der Waals surface area contributed by atoms with Gasteiger partial charge in [-0.1, -0.05) is 36.4 Å². The summed E-state index contributed by atoms with van der Waals surface area (Å²) in [7, 11) is 0. The van der Waals surface area contributed by atoms with Gasteiger partial charge in [0.15, 0.2) is 0 Å². The van der Waals surface area contributed by atoms with Crippen molar-refractivity contribution in [3.05, 3.63) is 71.3 Å². The number of carbonyl (C=O) groups is 1. The van der Waals surface area contributed by atoms with Crippen LogP contribution in [0.5, 0.6) is 0 Å². The second-order valence-electron chi connectivity index (χ2n) is 5.86. The lowest BCUT2D eigenvalue weighted by Crippen LogP contribution is -2.33. The summed E-state index contributed by atoms with van der Waals surface area (Å²) in [6.45, 7) is 0.870. The molecule has 1 heterocycles. The van der Waals surface area contributed by atoms with Crippen molar-refractivity contribution in [1.82, 2.24) is 4.90 Å². The molecule has 6 heteroatoms. The summed E-state index contributed by atoms with van der Waals surface area (Å²) in [5, 5.41) is 0. The van der Waals surface area contributed by atoms with Crippen molar-refractivity contribution < 1.29 is 13.6 Å². The number of nitrogens with zero attached hydrogens (tertiary/aromatic N) is 1. The highest BCUT2D eigenvalue weighted by molar-refractivity contribution is 5.85. The minimum absolute atomic E-state index is 0. The molecule has 24 heavy (non-hydrogen) atoms. The second kappa shape index (κ2) is 7.73. The van der Waals surface area contributed by atoms with Gasteiger partial charge < -0.3 is 10.6 Å². The third-order valence-electron chi connectivity index (χ3n) is 4.34. The fraction of sp³-hybridized carbons (Fsp3) is 0.278. The molecule has 3 nitrogen and oxygen atoms in total. The van der Waals surface area contributed by atoms with Crippen molar-refractivity contribution in [2.45, 2.75) is 18.4 Å². The average Bonchev–Trinajstić information content (AvgIpc) is 2.94. The summed E-state index contributed by atoms with van der Waals surface area (Å²) in [5.41, 5.74) is 7.04. The summed E-state index contributed by atoms with van der Waals surface area (Å²) in [6.07, 6.45) is -0.285. The number of amides is 1. The monoisotopic (exact) mass is 352 g/mol. The minimum Gasteiger partial charge on any atom is -0.340 e. The first-order chi connectivity index (χ1) is 11.1. The third kappa shape index (κ3) is 3.74. The maximum atomic E-state index is 13.7. The highest BCUT2D eigenvalue weighted by Gasteiger charge is 2.34. The molecule has 2 aromatic rings. The number of hydrogen-bond acceptors (Lipinski definition) is 2. The van der Waals surface area contributed by atoms with Crippen molar-refractivity contribution in [3.63, 3.8) is 0 Å². The molecule has 0 unspecified atom stereocenters. The van der Waals surface area contributed by atoms with Crippen LogP contribution in [0.15, 0.2) is 48.5 Å². The van der Waals surface area contributed by atoms with Crippen LogP contribution < -0.4 is 5.73 Å². The van der Waals surface area contributed by atoms with E-state index < -0.39 is 11.6 Å². The molecule has 128 valence electrons. The normalized spacial score (nSPS) is 19.9. The van der Waals surface area contributed by atoms with Gasteiger partial charge in [0.25, 0.3) is 0 Å². The molecule has 0 saturated carbocycles. The van der Waals surface area contributed by atoms with Crippen molar-refractivity contribution in [1.29, 1.82) is 0 Å². The Bertz CT molecular complexity index is 691. The molecule has 2 aromatic carbocycles. The van der Waals surface area contributed by atoms with Crippen LogP contribution >= 0.6 is 12.4 Å². The summed E-state index contributed by atoms with van der Waals surface area (Å²) in [6, 6.07) is 13.2. The summed E-state index contributed by atoms with van der Waals surface area (Å²) < 4.78 is 27.4. The van der Waals surface area contributed by atoms with Crippen molar-refractivity contribution >= 4 is 18.3 Å². The molecular weight excluding hydrogens is 334 g/mol. The fourth-order valence-corrected chi connectivity index (χ4v) is 3.05.